The highest BCUT2D eigenvalue weighted by Crippen LogP contribution is 2.48. The van der Waals surface area contributed by atoms with Crippen LogP contribution in [0.1, 0.15) is 37.0 Å². The van der Waals surface area contributed by atoms with Gasteiger partial charge in [-0.05, 0) is 29.0 Å². The number of likely N-dealkylation sites (N-methyl/N-ethyl adjacent to an activating group) is 1. The number of nitrogens with zero attached hydrogens (tertiary/aromatic N) is 4. The second-order valence-electron chi connectivity index (χ2n) is 11.6. The van der Waals surface area contributed by atoms with E-state index in [0.717, 1.165) is 16.7 Å². The van der Waals surface area contributed by atoms with E-state index in [1.807, 2.05) is 59.5 Å². The summed E-state index contributed by atoms with van der Waals surface area (Å²) in [5.74, 6) is -1.17. The van der Waals surface area contributed by atoms with Crippen molar-refractivity contribution in [3.63, 3.8) is 0 Å². The molecular weight excluding hydrogens is 528 g/mol. The van der Waals surface area contributed by atoms with E-state index in [0.29, 0.717) is 39.1 Å². The van der Waals surface area contributed by atoms with Crippen LogP contribution in [0.25, 0.3) is 0 Å². The van der Waals surface area contributed by atoms with Crippen molar-refractivity contribution in [2.75, 3.05) is 39.8 Å². The minimum Gasteiger partial charge on any atom is -0.480 e. The molecule has 0 spiro atoms. The number of amides is 3. The zero-order chi connectivity index (χ0) is 29.9. The molecule has 2 fully saturated rings. The van der Waals surface area contributed by atoms with Gasteiger partial charge in [0.2, 0.25) is 5.91 Å². The second-order valence-corrected chi connectivity index (χ2v) is 11.6. The lowest BCUT2D eigenvalue weighted by Gasteiger charge is -2.38. The third-order valence-corrected chi connectivity index (χ3v) is 8.58. The summed E-state index contributed by atoms with van der Waals surface area (Å²) >= 11 is 0. The van der Waals surface area contributed by atoms with Crippen molar-refractivity contribution in [2.24, 2.45) is 5.92 Å². The number of carboxylic acid groups (broad SMARTS) is 1. The third kappa shape index (κ3) is 5.51. The van der Waals surface area contributed by atoms with Gasteiger partial charge >= 0.3 is 12.0 Å². The van der Waals surface area contributed by atoms with E-state index in [-0.39, 0.29) is 23.9 Å². The predicted molar refractivity (Wildman–Crippen MR) is 162 cm³/mol. The molecular formula is C34H40N4O4. The first-order valence-electron chi connectivity index (χ1n) is 14.7. The number of carbonyl (C=O) groups excluding carboxylic acids is 2. The maximum atomic E-state index is 14.1. The molecule has 3 atom stereocenters. The fourth-order valence-electron chi connectivity index (χ4n) is 6.54. The van der Waals surface area contributed by atoms with E-state index < -0.39 is 17.6 Å². The molecule has 0 bridgehead atoms. The zero-order valence-electron chi connectivity index (χ0n) is 24.6. The van der Waals surface area contributed by atoms with Crippen molar-refractivity contribution >= 4 is 17.9 Å². The van der Waals surface area contributed by atoms with E-state index in [2.05, 4.69) is 41.3 Å². The SMILES string of the molecule is CC(C)[C@@H](C(=O)O)N(C)C(=O)N1CCCN(C(=O)C2CN2C(c2ccccc2)(c2ccccc2)c2ccccc2)CC1. The maximum Gasteiger partial charge on any atom is 0.326 e. The Bertz CT molecular complexity index is 1290. The molecule has 8 nitrogen and oxygen atoms in total. The summed E-state index contributed by atoms with van der Waals surface area (Å²) in [4.78, 5) is 46.3. The molecule has 0 radical (unpaired) electrons. The average Bonchev–Trinajstić information content (AvgIpc) is 3.83. The van der Waals surface area contributed by atoms with Crippen LogP contribution in [0.2, 0.25) is 0 Å². The van der Waals surface area contributed by atoms with Crippen molar-refractivity contribution in [2.45, 2.75) is 37.9 Å². The van der Waals surface area contributed by atoms with E-state index in [1.54, 1.807) is 25.8 Å². The third-order valence-electron chi connectivity index (χ3n) is 8.58. The zero-order valence-corrected chi connectivity index (χ0v) is 24.6. The van der Waals surface area contributed by atoms with Crippen LogP contribution in [0.15, 0.2) is 91.0 Å². The van der Waals surface area contributed by atoms with Crippen LogP contribution < -0.4 is 0 Å². The maximum absolute atomic E-state index is 14.1. The van der Waals surface area contributed by atoms with Crippen molar-refractivity contribution in [1.29, 1.82) is 0 Å². The Hall–Kier alpha value is -4.17. The summed E-state index contributed by atoms with van der Waals surface area (Å²) in [6.45, 7) is 6.03. The van der Waals surface area contributed by atoms with Gasteiger partial charge in [0.15, 0.2) is 0 Å². The molecule has 220 valence electrons. The van der Waals surface area contributed by atoms with Gasteiger partial charge in [-0.25, -0.2) is 9.59 Å². The molecule has 8 heteroatoms. The molecule has 2 heterocycles. The normalized spacial score (nSPS) is 19.6. The molecule has 2 aliphatic heterocycles. The van der Waals surface area contributed by atoms with Gasteiger partial charge in [-0.2, -0.15) is 0 Å². The number of carboxylic acids is 1. The van der Waals surface area contributed by atoms with Crippen LogP contribution in [0.4, 0.5) is 4.79 Å². The number of rotatable bonds is 8. The molecule has 3 aromatic carbocycles. The topological polar surface area (TPSA) is 84.2 Å². The minimum atomic E-state index is -1.01. The van der Waals surface area contributed by atoms with Crippen LogP contribution >= 0.6 is 0 Å². The molecule has 0 aromatic heterocycles. The van der Waals surface area contributed by atoms with Crippen LogP contribution in [0.3, 0.4) is 0 Å². The molecule has 3 amide bonds. The van der Waals surface area contributed by atoms with Crippen molar-refractivity contribution in [3.05, 3.63) is 108 Å². The van der Waals surface area contributed by atoms with Gasteiger partial charge in [0, 0.05) is 39.8 Å². The standard InChI is InChI=1S/C34H40N4O4/c1-25(2)30(32(40)41)35(3)33(42)37-21-13-20-36(22-23-37)31(39)29-24-38(29)34(26-14-7-4-8-15-26,27-16-9-5-10-17-27)28-18-11-6-12-19-28/h4-12,14-19,25,29-30H,13,20-24H2,1-3H3,(H,40,41)/t29?,30-,38?/m0/s1. The number of hydrogen-bond acceptors (Lipinski definition) is 4. The Morgan fingerprint density at radius 1 is 0.762 bits per heavy atom. The van der Waals surface area contributed by atoms with Crippen molar-refractivity contribution in [1.82, 2.24) is 19.6 Å². The molecule has 1 N–H and O–H groups in total. The highest BCUT2D eigenvalue weighted by Gasteiger charge is 2.56. The molecule has 3 aromatic rings. The number of carbonyl (C=O) groups is 3. The number of urea groups is 1. The summed E-state index contributed by atoms with van der Waals surface area (Å²) in [5.41, 5.74) is 2.67. The fourth-order valence-corrected chi connectivity index (χ4v) is 6.54. The Kier molecular flexibility index (Phi) is 8.64. The highest BCUT2D eigenvalue weighted by atomic mass is 16.4. The number of benzene rings is 3. The quantitative estimate of drug-likeness (QED) is 0.323. The van der Waals surface area contributed by atoms with Gasteiger partial charge in [-0.15, -0.1) is 0 Å². The second kappa shape index (κ2) is 12.4. The first kappa shape index (κ1) is 29.3. The lowest BCUT2D eigenvalue weighted by atomic mass is 9.76. The molecule has 42 heavy (non-hydrogen) atoms. The molecule has 2 unspecified atom stereocenters. The number of aliphatic carboxylic acids is 1. The lowest BCUT2D eigenvalue weighted by molar-refractivity contribution is -0.143. The largest absolute Gasteiger partial charge is 0.480 e. The summed E-state index contributed by atoms with van der Waals surface area (Å²) < 4.78 is 0. The summed E-state index contributed by atoms with van der Waals surface area (Å²) in [6, 6.07) is 29.6. The van der Waals surface area contributed by atoms with Gasteiger partial charge in [0.1, 0.15) is 12.1 Å². The van der Waals surface area contributed by atoms with Crippen LogP contribution in [-0.4, -0.2) is 94.5 Å². The first-order valence-corrected chi connectivity index (χ1v) is 14.7. The minimum absolute atomic E-state index is 0.0652. The summed E-state index contributed by atoms with van der Waals surface area (Å²) in [7, 11) is 1.55. The molecule has 2 saturated heterocycles. The van der Waals surface area contributed by atoms with Gasteiger partial charge in [0.05, 0.1) is 5.54 Å². The molecule has 0 saturated carbocycles. The summed E-state index contributed by atoms with van der Waals surface area (Å²) in [5, 5.41) is 9.67. The number of hydrogen-bond donors (Lipinski definition) is 1. The average molecular weight is 569 g/mol. The monoisotopic (exact) mass is 568 g/mol. The van der Waals surface area contributed by atoms with E-state index >= 15 is 0 Å². The van der Waals surface area contributed by atoms with Gasteiger partial charge in [-0.1, -0.05) is 105 Å². The lowest BCUT2D eigenvalue weighted by Crippen LogP contribution is -2.52. The van der Waals surface area contributed by atoms with E-state index in [1.165, 1.54) is 4.90 Å². The van der Waals surface area contributed by atoms with Gasteiger partial charge in [-0.3, -0.25) is 9.69 Å². The smallest absolute Gasteiger partial charge is 0.326 e. The summed E-state index contributed by atoms with van der Waals surface area (Å²) in [6.07, 6.45) is 0.638. The van der Waals surface area contributed by atoms with Crippen LogP contribution in [0.5, 0.6) is 0 Å². The Labute approximate surface area is 248 Å². The highest BCUT2D eigenvalue weighted by molar-refractivity contribution is 5.86. The van der Waals surface area contributed by atoms with Crippen molar-refractivity contribution in [3.8, 4) is 0 Å². The van der Waals surface area contributed by atoms with Gasteiger partial charge < -0.3 is 19.8 Å². The Morgan fingerprint density at radius 3 is 1.67 bits per heavy atom. The van der Waals surface area contributed by atoms with Crippen LogP contribution in [-0.2, 0) is 15.1 Å². The molecule has 0 aliphatic carbocycles. The van der Waals surface area contributed by atoms with Crippen LogP contribution in [0, 0.1) is 5.92 Å². The predicted octanol–water partition coefficient (Wildman–Crippen LogP) is 4.36. The van der Waals surface area contributed by atoms with Gasteiger partial charge in [0.25, 0.3) is 0 Å². The molecule has 2 aliphatic rings. The van der Waals surface area contributed by atoms with E-state index in [4.69, 9.17) is 0 Å². The Balaban J connectivity index is 1.38. The van der Waals surface area contributed by atoms with E-state index in [9.17, 15) is 19.5 Å². The molecule has 5 rings (SSSR count). The van der Waals surface area contributed by atoms with Crippen molar-refractivity contribution < 1.29 is 19.5 Å². The fraction of sp³-hybridized carbons (Fsp3) is 0.382. The first-order chi connectivity index (χ1) is 20.3. The Morgan fingerprint density at radius 2 is 1.21 bits per heavy atom.